The van der Waals surface area contributed by atoms with Crippen LogP contribution in [-0.2, 0) is 14.6 Å². The maximum absolute atomic E-state index is 12.1. The Morgan fingerprint density at radius 2 is 1.89 bits per heavy atom. The van der Waals surface area contributed by atoms with E-state index < -0.39 is 21.0 Å². The molecule has 1 atom stereocenters. The van der Waals surface area contributed by atoms with Crippen molar-refractivity contribution in [2.45, 2.75) is 12.2 Å². The van der Waals surface area contributed by atoms with E-state index in [9.17, 15) is 13.2 Å². The average Bonchev–Trinajstić information content (AvgIpc) is 2.34. The van der Waals surface area contributed by atoms with Crippen molar-refractivity contribution in [1.82, 2.24) is 0 Å². The van der Waals surface area contributed by atoms with Gasteiger partial charge in [-0.2, -0.15) is 0 Å². The normalized spacial score (nSPS) is 12.8. The Morgan fingerprint density at radius 1 is 1.37 bits per heavy atom. The van der Waals surface area contributed by atoms with Gasteiger partial charge in [-0.3, -0.25) is 4.79 Å². The highest BCUT2D eigenvalue weighted by molar-refractivity contribution is 7.92. The van der Waals surface area contributed by atoms with E-state index in [-0.39, 0.29) is 4.99 Å². The fourth-order valence-electron chi connectivity index (χ4n) is 1.55. The fraction of sp³-hybridized carbons (Fsp3) is 0.333. The minimum Gasteiger partial charge on any atom is -0.389 e. The Morgan fingerprint density at radius 3 is 2.37 bits per heavy atom. The number of nitrogens with two attached hydrogens (primary N) is 1. The smallest absolute Gasteiger partial charge is 0.244 e. The highest BCUT2D eigenvalue weighted by Gasteiger charge is 2.28. The quantitative estimate of drug-likeness (QED) is 0.829. The van der Waals surface area contributed by atoms with Crippen LogP contribution in [0.2, 0.25) is 0 Å². The second-order valence-corrected chi connectivity index (χ2v) is 7.06. The highest BCUT2D eigenvalue weighted by Crippen LogP contribution is 2.20. The van der Waals surface area contributed by atoms with Gasteiger partial charge in [-0.1, -0.05) is 24.4 Å². The Balaban J connectivity index is 3.18. The predicted molar refractivity (Wildman–Crippen MR) is 80.0 cm³/mol. The largest absolute Gasteiger partial charge is 0.389 e. The van der Waals surface area contributed by atoms with Gasteiger partial charge < -0.3 is 10.6 Å². The molecule has 5 nitrogen and oxygen atoms in total. The lowest BCUT2D eigenvalue weighted by Gasteiger charge is -2.22. The second kappa shape index (κ2) is 5.66. The number of nitrogens with zero attached hydrogens (tertiary/aromatic N) is 1. The summed E-state index contributed by atoms with van der Waals surface area (Å²) in [5.41, 5.74) is 6.62. The van der Waals surface area contributed by atoms with Gasteiger partial charge in [0.2, 0.25) is 5.91 Å². The number of amides is 1. The molecule has 0 aliphatic rings. The first kappa shape index (κ1) is 15.6. The molecule has 0 bridgehead atoms. The summed E-state index contributed by atoms with van der Waals surface area (Å²) in [5, 5.41) is -1.11. The number of para-hydroxylation sites is 1. The lowest BCUT2D eigenvalue weighted by Crippen LogP contribution is -2.39. The number of benzene rings is 1. The van der Waals surface area contributed by atoms with E-state index in [0.717, 1.165) is 6.26 Å². The molecule has 0 aromatic heterocycles. The molecule has 7 heteroatoms. The van der Waals surface area contributed by atoms with Gasteiger partial charge in [0.1, 0.15) is 10.2 Å². The third-order valence-corrected chi connectivity index (χ3v) is 4.56. The van der Waals surface area contributed by atoms with Crippen LogP contribution in [0, 0.1) is 0 Å². The topological polar surface area (TPSA) is 80.5 Å². The lowest BCUT2D eigenvalue weighted by molar-refractivity contribution is -0.117. The number of carbonyl (C=O) groups is 1. The van der Waals surface area contributed by atoms with Crippen molar-refractivity contribution in [3.8, 4) is 0 Å². The maximum atomic E-state index is 12.1. The van der Waals surface area contributed by atoms with Crippen molar-refractivity contribution in [1.29, 1.82) is 0 Å². The number of sulfone groups is 1. The van der Waals surface area contributed by atoms with E-state index in [2.05, 4.69) is 0 Å². The van der Waals surface area contributed by atoms with Gasteiger partial charge in [-0.15, -0.1) is 0 Å². The molecule has 0 aliphatic carbocycles. The van der Waals surface area contributed by atoms with Crippen LogP contribution in [-0.4, -0.2) is 37.9 Å². The van der Waals surface area contributed by atoms with Crippen LogP contribution in [0.25, 0.3) is 0 Å². The fourth-order valence-corrected chi connectivity index (χ4v) is 2.25. The Bertz CT molecular complexity index is 611. The molecule has 0 heterocycles. The zero-order chi connectivity index (χ0) is 14.8. The van der Waals surface area contributed by atoms with E-state index in [0.29, 0.717) is 11.3 Å². The van der Waals surface area contributed by atoms with E-state index in [4.69, 9.17) is 18.0 Å². The number of hydrogen-bond acceptors (Lipinski definition) is 4. The Kier molecular flexibility index (Phi) is 4.65. The van der Waals surface area contributed by atoms with Crippen LogP contribution in [0.15, 0.2) is 24.3 Å². The molecule has 0 saturated heterocycles. The summed E-state index contributed by atoms with van der Waals surface area (Å²) >= 11 is 4.92. The molecule has 1 unspecified atom stereocenters. The summed E-state index contributed by atoms with van der Waals surface area (Å²) in [6.07, 6.45) is 1.03. The summed E-state index contributed by atoms with van der Waals surface area (Å²) in [6, 6.07) is 6.83. The molecule has 0 radical (unpaired) electrons. The first-order chi connectivity index (χ1) is 8.66. The molecule has 0 fully saturated rings. The van der Waals surface area contributed by atoms with Crippen LogP contribution in [0.3, 0.4) is 0 Å². The van der Waals surface area contributed by atoms with Crippen LogP contribution >= 0.6 is 12.2 Å². The van der Waals surface area contributed by atoms with E-state index in [1.54, 1.807) is 24.3 Å². The van der Waals surface area contributed by atoms with E-state index >= 15 is 0 Å². The molecule has 104 valence electrons. The number of carbonyl (C=O) groups excluding carboxylic acids is 1. The predicted octanol–water partition coefficient (Wildman–Crippen LogP) is 0.717. The second-order valence-electron chi connectivity index (χ2n) is 4.25. The number of hydrogen-bond donors (Lipinski definition) is 1. The zero-order valence-electron chi connectivity index (χ0n) is 11.0. The van der Waals surface area contributed by atoms with E-state index in [1.807, 2.05) is 0 Å². The molecule has 1 amide bonds. The monoisotopic (exact) mass is 300 g/mol. The van der Waals surface area contributed by atoms with Gasteiger partial charge >= 0.3 is 0 Å². The van der Waals surface area contributed by atoms with Crippen LogP contribution in [0.5, 0.6) is 0 Å². The molecule has 0 saturated carbocycles. The first-order valence-corrected chi connectivity index (χ1v) is 7.87. The average molecular weight is 300 g/mol. The summed E-state index contributed by atoms with van der Waals surface area (Å²) < 4.78 is 22.9. The zero-order valence-corrected chi connectivity index (χ0v) is 12.6. The molecular formula is C12H16N2O3S2. The van der Waals surface area contributed by atoms with Crippen molar-refractivity contribution in [3.63, 3.8) is 0 Å². The minimum absolute atomic E-state index is 0.155. The molecule has 0 aliphatic heterocycles. The third kappa shape index (κ3) is 3.51. The Labute approximate surface area is 118 Å². The van der Waals surface area contributed by atoms with Crippen LogP contribution < -0.4 is 10.6 Å². The molecule has 1 aromatic rings. The third-order valence-electron chi connectivity index (χ3n) is 2.85. The molecular weight excluding hydrogens is 284 g/mol. The SMILES string of the molecule is CC(C(=O)N(C)c1ccccc1C(N)=S)S(C)(=O)=O. The van der Waals surface area contributed by atoms with Crippen LogP contribution in [0.1, 0.15) is 12.5 Å². The van der Waals surface area contributed by atoms with E-state index in [1.165, 1.54) is 18.9 Å². The van der Waals surface area contributed by atoms with Crippen molar-refractivity contribution in [3.05, 3.63) is 29.8 Å². The van der Waals surface area contributed by atoms with Crippen molar-refractivity contribution < 1.29 is 13.2 Å². The van der Waals surface area contributed by atoms with Gasteiger partial charge in [0.25, 0.3) is 0 Å². The summed E-state index contributed by atoms with van der Waals surface area (Å²) in [6.45, 7) is 1.36. The summed E-state index contributed by atoms with van der Waals surface area (Å²) in [5.74, 6) is -0.522. The van der Waals surface area contributed by atoms with Gasteiger partial charge in [-0.25, -0.2) is 8.42 Å². The lowest BCUT2D eigenvalue weighted by atomic mass is 10.1. The van der Waals surface area contributed by atoms with Gasteiger partial charge in [-0.05, 0) is 19.1 Å². The van der Waals surface area contributed by atoms with Gasteiger partial charge in [0, 0.05) is 18.9 Å². The van der Waals surface area contributed by atoms with Crippen molar-refractivity contribution in [2.75, 3.05) is 18.2 Å². The maximum Gasteiger partial charge on any atom is 0.244 e. The number of anilines is 1. The number of rotatable bonds is 4. The molecule has 1 aromatic carbocycles. The molecule has 2 N–H and O–H groups in total. The van der Waals surface area contributed by atoms with Crippen LogP contribution in [0.4, 0.5) is 5.69 Å². The van der Waals surface area contributed by atoms with Gasteiger partial charge in [0.05, 0.1) is 5.69 Å². The Hall–Kier alpha value is -1.47. The van der Waals surface area contributed by atoms with Crippen molar-refractivity contribution in [2.24, 2.45) is 5.73 Å². The first-order valence-electron chi connectivity index (χ1n) is 5.51. The highest BCUT2D eigenvalue weighted by atomic mass is 32.2. The molecule has 1 rings (SSSR count). The van der Waals surface area contributed by atoms with Crippen molar-refractivity contribution >= 4 is 38.6 Å². The summed E-state index contributed by atoms with van der Waals surface area (Å²) in [7, 11) is -1.94. The number of thiocarbonyl (C=S) groups is 1. The standard InChI is InChI=1S/C12H16N2O3S2/c1-8(19(3,16)17)12(15)14(2)10-7-5-4-6-9(10)11(13)18/h4-8H,1-3H3,(H2,13,18). The summed E-state index contributed by atoms with van der Waals surface area (Å²) in [4.78, 5) is 13.5. The molecule has 19 heavy (non-hydrogen) atoms. The minimum atomic E-state index is -3.44. The van der Waals surface area contributed by atoms with Gasteiger partial charge in [0.15, 0.2) is 9.84 Å². The molecule has 0 spiro atoms.